The van der Waals surface area contributed by atoms with Crippen LogP contribution in [0.4, 0.5) is 4.39 Å². The Bertz CT molecular complexity index is 1000. The van der Waals surface area contributed by atoms with Crippen LogP contribution in [0, 0.1) is 23.1 Å². The smallest absolute Gasteiger partial charge is 0.243 e. The first-order chi connectivity index (χ1) is 16.4. The van der Waals surface area contributed by atoms with Crippen molar-refractivity contribution in [2.45, 2.75) is 70.4 Å². The van der Waals surface area contributed by atoms with Crippen LogP contribution in [0.1, 0.15) is 63.5 Å². The third-order valence-electron chi connectivity index (χ3n) is 6.94. The minimum atomic E-state index is -0.569. The Kier molecular flexibility index (Phi) is 8.81. The Morgan fingerprint density at radius 2 is 1.85 bits per heavy atom. The highest BCUT2D eigenvalue weighted by atomic mass is 19.1. The molecule has 180 valence electrons. The van der Waals surface area contributed by atoms with E-state index in [1.54, 1.807) is 17.0 Å². The van der Waals surface area contributed by atoms with Gasteiger partial charge in [-0.05, 0) is 54.9 Å². The second-order valence-corrected chi connectivity index (χ2v) is 9.40. The standard InChI is InChI=1S/C28H34FN3O2/c1-21(2)28(20-30,23-9-4-3-5-10-23)17-7-6-12-26(33)32-18-8-11-25(32)27(34)31-19-22-13-15-24(29)16-14-22/h3-5,9-10,13-16,21,25H,6-8,11-12,17-19H2,1-2H3,(H,31,34)/t25-,28?/m1/s1. The number of hydrogen-bond acceptors (Lipinski definition) is 3. The summed E-state index contributed by atoms with van der Waals surface area (Å²) in [6, 6.07) is 18.0. The third-order valence-corrected chi connectivity index (χ3v) is 6.94. The molecule has 3 rings (SSSR count). The predicted molar refractivity (Wildman–Crippen MR) is 130 cm³/mol. The van der Waals surface area contributed by atoms with Crippen molar-refractivity contribution >= 4 is 11.8 Å². The van der Waals surface area contributed by atoms with Crippen LogP contribution in [0.25, 0.3) is 0 Å². The van der Waals surface area contributed by atoms with Gasteiger partial charge in [-0.1, -0.05) is 62.7 Å². The molecule has 0 aliphatic carbocycles. The number of unbranched alkanes of at least 4 members (excludes halogenated alkanes) is 1. The summed E-state index contributed by atoms with van der Waals surface area (Å²) in [7, 11) is 0. The van der Waals surface area contributed by atoms with Gasteiger partial charge in [-0.3, -0.25) is 9.59 Å². The second kappa shape index (κ2) is 11.8. The normalized spacial score (nSPS) is 17.3. The fraction of sp³-hybridized carbons (Fsp3) is 0.464. The van der Waals surface area contributed by atoms with Crippen LogP contribution in [-0.2, 0) is 21.5 Å². The average molecular weight is 464 g/mol. The summed E-state index contributed by atoms with van der Waals surface area (Å²) in [5.74, 6) is -0.330. The molecule has 34 heavy (non-hydrogen) atoms. The van der Waals surface area contributed by atoms with Crippen LogP contribution in [0.2, 0.25) is 0 Å². The topological polar surface area (TPSA) is 73.2 Å². The Hall–Kier alpha value is -3.20. The maximum Gasteiger partial charge on any atom is 0.243 e. The molecule has 1 aliphatic rings. The quantitative estimate of drug-likeness (QED) is 0.498. The highest BCUT2D eigenvalue weighted by Crippen LogP contribution is 2.37. The van der Waals surface area contributed by atoms with Gasteiger partial charge in [-0.25, -0.2) is 4.39 Å². The number of amides is 2. The van der Waals surface area contributed by atoms with Crippen LogP contribution in [-0.4, -0.2) is 29.3 Å². The fourth-order valence-electron chi connectivity index (χ4n) is 4.82. The lowest BCUT2D eigenvalue weighted by Crippen LogP contribution is -2.45. The van der Waals surface area contributed by atoms with Crippen LogP contribution in [0.3, 0.4) is 0 Å². The van der Waals surface area contributed by atoms with Gasteiger partial charge in [0.25, 0.3) is 0 Å². The minimum Gasteiger partial charge on any atom is -0.350 e. The molecule has 0 bridgehead atoms. The first kappa shape index (κ1) is 25.4. The van der Waals surface area contributed by atoms with Gasteiger partial charge in [0.2, 0.25) is 11.8 Å². The third kappa shape index (κ3) is 6.02. The molecule has 5 nitrogen and oxygen atoms in total. The van der Waals surface area contributed by atoms with Crippen LogP contribution in [0.15, 0.2) is 54.6 Å². The molecular weight excluding hydrogens is 429 g/mol. The number of carbonyl (C=O) groups is 2. The average Bonchev–Trinajstić information content (AvgIpc) is 3.34. The molecule has 1 aliphatic heterocycles. The second-order valence-electron chi connectivity index (χ2n) is 9.40. The number of nitrogens with zero attached hydrogens (tertiary/aromatic N) is 2. The molecule has 1 heterocycles. The van der Waals surface area contributed by atoms with Crippen LogP contribution < -0.4 is 5.32 Å². The first-order valence-electron chi connectivity index (χ1n) is 12.2. The van der Waals surface area contributed by atoms with Crippen molar-refractivity contribution in [3.63, 3.8) is 0 Å². The summed E-state index contributed by atoms with van der Waals surface area (Å²) in [5.41, 5.74) is 1.27. The van der Waals surface area contributed by atoms with Gasteiger partial charge in [0.15, 0.2) is 0 Å². The van der Waals surface area contributed by atoms with E-state index in [-0.39, 0.29) is 23.5 Å². The highest BCUT2D eigenvalue weighted by Gasteiger charge is 2.36. The zero-order valence-corrected chi connectivity index (χ0v) is 20.1. The largest absolute Gasteiger partial charge is 0.350 e. The van der Waals surface area contributed by atoms with Gasteiger partial charge in [0, 0.05) is 19.5 Å². The molecule has 0 radical (unpaired) electrons. The molecule has 2 amide bonds. The molecule has 0 spiro atoms. The van der Waals surface area contributed by atoms with Crippen LogP contribution >= 0.6 is 0 Å². The summed E-state index contributed by atoms with van der Waals surface area (Å²) >= 11 is 0. The Morgan fingerprint density at radius 1 is 1.15 bits per heavy atom. The van der Waals surface area contributed by atoms with Gasteiger partial charge >= 0.3 is 0 Å². The number of nitriles is 1. The number of benzene rings is 2. The van der Waals surface area contributed by atoms with Gasteiger partial charge in [-0.15, -0.1) is 0 Å². The van der Waals surface area contributed by atoms with E-state index in [1.807, 2.05) is 30.3 Å². The Labute approximate surface area is 202 Å². The van der Waals surface area contributed by atoms with Crippen molar-refractivity contribution in [2.24, 2.45) is 5.92 Å². The van der Waals surface area contributed by atoms with Gasteiger partial charge in [-0.2, -0.15) is 5.26 Å². The molecule has 6 heteroatoms. The Morgan fingerprint density at radius 3 is 2.50 bits per heavy atom. The molecule has 2 atom stereocenters. The van der Waals surface area contributed by atoms with Crippen molar-refractivity contribution in [3.8, 4) is 6.07 Å². The maximum absolute atomic E-state index is 13.1. The summed E-state index contributed by atoms with van der Waals surface area (Å²) in [6.45, 7) is 5.04. The lowest BCUT2D eigenvalue weighted by atomic mass is 9.69. The van der Waals surface area contributed by atoms with E-state index in [1.165, 1.54) is 12.1 Å². The van der Waals surface area contributed by atoms with Gasteiger partial charge < -0.3 is 10.2 Å². The summed E-state index contributed by atoms with van der Waals surface area (Å²) in [6.07, 6.45) is 3.97. The summed E-state index contributed by atoms with van der Waals surface area (Å²) in [5, 5.41) is 12.9. The summed E-state index contributed by atoms with van der Waals surface area (Å²) < 4.78 is 13.1. The van der Waals surface area contributed by atoms with E-state index < -0.39 is 11.5 Å². The molecule has 2 aromatic carbocycles. The number of halogens is 1. The van der Waals surface area contributed by atoms with Crippen molar-refractivity contribution in [1.29, 1.82) is 5.26 Å². The monoisotopic (exact) mass is 463 g/mol. The molecular formula is C28H34FN3O2. The fourth-order valence-corrected chi connectivity index (χ4v) is 4.82. The van der Waals surface area contributed by atoms with Gasteiger partial charge in [0.1, 0.15) is 11.9 Å². The number of hydrogen-bond donors (Lipinski definition) is 1. The summed E-state index contributed by atoms with van der Waals surface area (Å²) in [4.78, 5) is 27.3. The first-order valence-corrected chi connectivity index (χ1v) is 12.2. The number of carbonyl (C=O) groups excluding carboxylic acids is 2. The number of nitrogens with one attached hydrogen (secondary N) is 1. The van der Waals surface area contributed by atoms with Crippen molar-refractivity contribution in [2.75, 3.05) is 6.54 Å². The predicted octanol–water partition coefficient (Wildman–Crippen LogP) is 5.11. The van der Waals surface area contributed by atoms with E-state index >= 15 is 0 Å². The molecule has 1 fully saturated rings. The molecule has 1 N–H and O–H groups in total. The maximum atomic E-state index is 13.1. The SMILES string of the molecule is CC(C)C(C#N)(CCCCC(=O)N1CCC[C@@H]1C(=O)NCc1ccc(F)cc1)c1ccccc1. The highest BCUT2D eigenvalue weighted by molar-refractivity contribution is 5.88. The van der Waals surface area contributed by atoms with E-state index in [9.17, 15) is 19.2 Å². The van der Waals surface area contributed by atoms with E-state index in [0.29, 0.717) is 38.8 Å². The van der Waals surface area contributed by atoms with Crippen molar-refractivity contribution in [1.82, 2.24) is 10.2 Å². The lowest BCUT2D eigenvalue weighted by molar-refractivity contribution is -0.138. The molecule has 1 unspecified atom stereocenters. The van der Waals surface area contributed by atoms with Crippen LogP contribution in [0.5, 0.6) is 0 Å². The molecule has 1 saturated heterocycles. The Balaban J connectivity index is 1.51. The minimum absolute atomic E-state index is 0.00810. The van der Waals surface area contributed by atoms with Crippen molar-refractivity contribution < 1.29 is 14.0 Å². The molecule has 2 aromatic rings. The van der Waals surface area contributed by atoms with E-state index in [4.69, 9.17) is 0 Å². The van der Waals surface area contributed by atoms with E-state index in [0.717, 1.165) is 24.0 Å². The number of rotatable bonds is 10. The zero-order chi connectivity index (χ0) is 24.6. The molecule has 0 saturated carbocycles. The van der Waals surface area contributed by atoms with Gasteiger partial charge in [0.05, 0.1) is 11.5 Å². The zero-order valence-electron chi connectivity index (χ0n) is 20.1. The van der Waals surface area contributed by atoms with E-state index in [2.05, 4.69) is 25.2 Å². The number of likely N-dealkylation sites (tertiary alicyclic amines) is 1. The lowest BCUT2D eigenvalue weighted by Gasteiger charge is -2.31. The molecule has 0 aromatic heterocycles. The van der Waals surface area contributed by atoms with Crippen molar-refractivity contribution in [3.05, 3.63) is 71.5 Å².